The summed E-state index contributed by atoms with van der Waals surface area (Å²) in [7, 11) is 7.68. The van der Waals surface area contributed by atoms with Crippen molar-refractivity contribution in [1.29, 1.82) is 0 Å². The number of ether oxygens (including phenoxy) is 5. The predicted octanol–water partition coefficient (Wildman–Crippen LogP) is 10.2. The molecule has 362 valence electrons. The molecule has 68 heavy (non-hydrogen) atoms. The van der Waals surface area contributed by atoms with E-state index in [9.17, 15) is 14.4 Å². The molecule has 0 heterocycles. The number of hydrogen-bond acceptors (Lipinski definition) is 10. The van der Waals surface area contributed by atoms with Gasteiger partial charge in [-0.3, -0.25) is 14.4 Å². The summed E-state index contributed by atoms with van der Waals surface area (Å²) in [5.74, 6) is 0.661. The summed E-state index contributed by atoms with van der Waals surface area (Å²) in [6, 6.07) is 43.1. The molecule has 0 aromatic heterocycles. The second-order valence-electron chi connectivity index (χ2n) is 17.5. The van der Waals surface area contributed by atoms with E-state index in [1.54, 1.807) is 47.0 Å². The Bertz CT molecular complexity index is 2270. The van der Waals surface area contributed by atoms with Gasteiger partial charge in [-0.25, -0.2) is 4.79 Å². The minimum atomic E-state index is -1.23. The number of amides is 3. The van der Waals surface area contributed by atoms with E-state index >= 15 is 4.79 Å². The number of rotatable bonds is 24. The number of likely N-dealkylation sites (N-methyl/N-ethyl adjacent to an activating group) is 2. The summed E-state index contributed by atoms with van der Waals surface area (Å²) in [4.78, 5) is 60.2. The van der Waals surface area contributed by atoms with Gasteiger partial charge in [-0.15, -0.1) is 11.8 Å². The zero-order valence-corrected chi connectivity index (χ0v) is 41.6. The lowest BCUT2D eigenvalue weighted by Crippen LogP contribution is -2.51. The number of methoxy groups -OCH3 is 3. The van der Waals surface area contributed by atoms with Crippen LogP contribution in [0, 0.1) is 0 Å². The molecule has 5 aromatic carbocycles. The lowest BCUT2D eigenvalue weighted by atomic mass is 9.84. The molecular formula is C55H67N3O9S. The fourth-order valence-corrected chi connectivity index (χ4v) is 9.41. The molecule has 1 atom stereocenters. The summed E-state index contributed by atoms with van der Waals surface area (Å²) in [6.07, 6.45) is 1.39. The normalized spacial score (nSPS) is 11.8. The van der Waals surface area contributed by atoms with Crippen LogP contribution in [0.2, 0.25) is 0 Å². The first-order valence-electron chi connectivity index (χ1n) is 23.0. The average molecular weight is 946 g/mol. The number of unbranched alkanes of at least 4 members (excludes halogenated alkanes) is 2. The fraction of sp³-hybridized carbons (Fsp3) is 0.382. The van der Waals surface area contributed by atoms with Crippen molar-refractivity contribution in [3.05, 3.63) is 161 Å². The second kappa shape index (κ2) is 25.6. The molecule has 0 radical (unpaired) electrons. The summed E-state index contributed by atoms with van der Waals surface area (Å²) in [6.45, 7) is 5.42. The molecule has 0 fully saturated rings. The van der Waals surface area contributed by atoms with Gasteiger partial charge in [-0.05, 0) is 67.7 Å². The number of esters is 1. The molecule has 0 N–H and O–H groups in total. The van der Waals surface area contributed by atoms with Crippen LogP contribution in [0.3, 0.4) is 0 Å². The van der Waals surface area contributed by atoms with Gasteiger partial charge in [-0.2, -0.15) is 0 Å². The first-order chi connectivity index (χ1) is 32.7. The van der Waals surface area contributed by atoms with Crippen molar-refractivity contribution >= 4 is 35.6 Å². The molecule has 0 saturated heterocycles. The lowest BCUT2D eigenvalue weighted by molar-refractivity contribution is -0.153. The number of carbonyl (C=O) groups is 4. The van der Waals surface area contributed by atoms with E-state index in [0.29, 0.717) is 29.2 Å². The van der Waals surface area contributed by atoms with Crippen molar-refractivity contribution < 1.29 is 42.9 Å². The van der Waals surface area contributed by atoms with Crippen LogP contribution in [0.4, 0.5) is 4.79 Å². The molecule has 3 amide bonds. The van der Waals surface area contributed by atoms with Crippen molar-refractivity contribution in [2.45, 2.75) is 82.4 Å². The second-order valence-corrected chi connectivity index (χ2v) is 18.8. The van der Waals surface area contributed by atoms with Gasteiger partial charge in [0.2, 0.25) is 11.8 Å². The summed E-state index contributed by atoms with van der Waals surface area (Å²) in [5, 5.41) is 0. The highest BCUT2D eigenvalue weighted by Crippen LogP contribution is 2.48. The first kappa shape index (κ1) is 52.5. The molecule has 5 rings (SSSR count). The highest BCUT2D eigenvalue weighted by Gasteiger charge is 2.37. The van der Waals surface area contributed by atoms with Gasteiger partial charge in [0.15, 0.2) is 11.5 Å². The number of nitrogens with zero attached hydrogens (tertiary/aromatic N) is 3. The Morgan fingerprint density at radius 3 is 1.66 bits per heavy atom. The van der Waals surface area contributed by atoms with Crippen LogP contribution < -0.4 is 14.2 Å². The molecule has 5 aromatic rings. The van der Waals surface area contributed by atoms with Gasteiger partial charge in [0.1, 0.15) is 24.0 Å². The van der Waals surface area contributed by atoms with Crippen molar-refractivity contribution in [3.63, 3.8) is 0 Å². The van der Waals surface area contributed by atoms with Gasteiger partial charge in [0, 0.05) is 51.8 Å². The maximum absolute atomic E-state index is 15.0. The quantitative estimate of drug-likeness (QED) is 0.0336. The zero-order valence-electron chi connectivity index (χ0n) is 40.8. The topological polar surface area (TPSA) is 124 Å². The summed E-state index contributed by atoms with van der Waals surface area (Å²) < 4.78 is 27.7. The molecule has 0 aliphatic rings. The first-order valence-corrected chi connectivity index (χ1v) is 24.0. The molecule has 12 nitrogen and oxygen atoms in total. The summed E-state index contributed by atoms with van der Waals surface area (Å²) in [5.41, 5.74) is 4.18. The van der Waals surface area contributed by atoms with Gasteiger partial charge >= 0.3 is 12.1 Å². The molecule has 0 aliphatic heterocycles. The van der Waals surface area contributed by atoms with E-state index in [4.69, 9.17) is 23.7 Å². The molecule has 0 aliphatic carbocycles. The van der Waals surface area contributed by atoms with Crippen molar-refractivity contribution in [2.24, 2.45) is 0 Å². The van der Waals surface area contributed by atoms with Crippen molar-refractivity contribution in [1.82, 2.24) is 14.7 Å². The molecule has 13 heteroatoms. The van der Waals surface area contributed by atoms with Gasteiger partial charge in [0.05, 0.1) is 32.5 Å². The van der Waals surface area contributed by atoms with E-state index in [-0.39, 0.29) is 38.6 Å². The number of benzene rings is 5. The Balaban J connectivity index is 1.36. The highest BCUT2D eigenvalue weighted by molar-refractivity contribution is 8.00. The maximum atomic E-state index is 15.0. The Kier molecular flexibility index (Phi) is 19.8. The van der Waals surface area contributed by atoms with Crippen LogP contribution in [0.15, 0.2) is 133 Å². The van der Waals surface area contributed by atoms with E-state index < -0.39 is 40.8 Å². The third kappa shape index (κ3) is 14.5. The van der Waals surface area contributed by atoms with Gasteiger partial charge in [0.25, 0.3) is 0 Å². The van der Waals surface area contributed by atoms with E-state index in [1.807, 2.05) is 60.3 Å². The molecule has 0 unspecified atom stereocenters. The van der Waals surface area contributed by atoms with Gasteiger partial charge in [-0.1, -0.05) is 128 Å². The smallest absolute Gasteiger partial charge is 0.410 e. The van der Waals surface area contributed by atoms with Crippen LogP contribution in [0.5, 0.6) is 17.2 Å². The Hall–Kier alpha value is -6.47. The zero-order chi connectivity index (χ0) is 49.1. The molecule has 0 bridgehead atoms. The van der Waals surface area contributed by atoms with Crippen LogP contribution >= 0.6 is 11.8 Å². The maximum Gasteiger partial charge on any atom is 0.410 e. The molecule has 0 saturated carbocycles. The van der Waals surface area contributed by atoms with Crippen molar-refractivity contribution in [3.8, 4) is 17.2 Å². The standard InChI is InChI=1S/C55H67N3O9S/c1-54(2,3)67-53(62)56(4)33-34-58(39-42-36-48(64-7)49(65-8)38-47(42)63-6)52(61)46(37-51(60)66-40-41-24-14-9-15-25-41)57(5)50(59)32-22-13-23-35-68-55(43-26-16-10-17-27-43,44-28-18-11-19-29-44)45-30-20-12-21-31-45/h9-12,14-21,24-31,36,38,46H,13,22-23,32-35,37,39-40H2,1-8H3/t46-/m0/s1. The van der Waals surface area contributed by atoms with E-state index in [1.165, 1.54) is 52.7 Å². The molecular weight excluding hydrogens is 879 g/mol. The molecule has 0 spiro atoms. The van der Waals surface area contributed by atoms with Crippen molar-refractivity contribution in [2.75, 3.05) is 54.3 Å². The van der Waals surface area contributed by atoms with Crippen LogP contribution in [0.1, 0.15) is 80.7 Å². The average Bonchev–Trinajstić information content (AvgIpc) is 3.35. The predicted molar refractivity (Wildman–Crippen MR) is 268 cm³/mol. The third-order valence-electron chi connectivity index (χ3n) is 11.5. The Labute approximate surface area is 406 Å². The van der Waals surface area contributed by atoms with Gasteiger partial charge < -0.3 is 38.4 Å². The van der Waals surface area contributed by atoms with Crippen LogP contribution in [-0.4, -0.2) is 104 Å². The number of thioether (sulfide) groups is 1. The Morgan fingerprint density at radius 1 is 0.632 bits per heavy atom. The van der Waals surface area contributed by atoms with Crippen LogP contribution in [-0.2, 0) is 41.8 Å². The number of carbonyl (C=O) groups excluding carboxylic acids is 4. The minimum absolute atomic E-state index is 0.00357. The third-order valence-corrected chi connectivity index (χ3v) is 13.1. The monoisotopic (exact) mass is 945 g/mol. The fourth-order valence-electron chi connectivity index (χ4n) is 7.85. The lowest BCUT2D eigenvalue weighted by Gasteiger charge is -2.35. The van der Waals surface area contributed by atoms with E-state index in [2.05, 4.69) is 72.8 Å². The number of hydrogen-bond donors (Lipinski definition) is 0. The Morgan fingerprint density at radius 2 is 1.15 bits per heavy atom. The SMILES string of the molecule is COc1cc(OC)c(OC)cc1CN(CCN(C)C(=O)OC(C)(C)C)C(=O)[C@H](CC(=O)OCc1ccccc1)N(C)C(=O)CCCCCSC(c1ccccc1)(c1ccccc1)c1ccccc1. The van der Waals surface area contributed by atoms with E-state index in [0.717, 1.165) is 24.2 Å². The highest BCUT2D eigenvalue weighted by atomic mass is 32.2. The minimum Gasteiger partial charge on any atom is -0.496 e. The van der Waals surface area contributed by atoms with Crippen LogP contribution in [0.25, 0.3) is 0 Å². The largest absolute Gasteiger partial charge is 0.496 e. The summed E-state index contributed by atoms with van der Waals surface area (Å²) >= 11 is 1.88.